The Hall–Kier alpha value is -3.29. The predicted octanol–water partition coefficient (Wildman–Crippen LogP) is 4.09. The average molecular weight is 473 g/mol. The van der Waals surface area contributed by atoms with Crippen LogP contribution in [0.15, 0.2) is 59.9 Å². The summed E-state index contributed by atoms with van der Waals surface area (Å²) in [6, 6.07) is 8.42. The van der Waals surface area contributed by atoms with Gasteiger partial charge in [0.25, 0.3) is 0 Å². The fourth-order valence-corrected chi connectivity index (χ4v) is 5.69. The van der Waals surface area contributed by atoms with Crippen molar-refractivity contribution in [3.05, 3.63) is 82.3 Å². The van der Waals surface area contributed by atoms with Crippen molar-refractivity contribution in [2.45, 2.75) is 51.2 Å². The second-order valence-corrected chi connectivity index (χ2v) is 9.81. The van der Waals surface area contributed by atoms with Gasteiger partial charge < -0.3 is 30.2 Å². The van der Waals surface area contributed by atoms with E-state index in [4.69, 9.17) is 4.74 Å². The highest BCUT2D eigenvalue weighted by Gasteiger charge is 2.30. The van der Waals surface area contributed by atoms with E-state index in [-0.39, 0.29) is 12.7 Å². The molecule has 3 aliphatic rings. The van der Waals surface area contributed by atoms with Crippen LogP contribution >= 0.6 is 0 Å². The van der Waals surface area contributed by atoms with E-state index >= 15 is 0 Å². The molecular weight excluding hydrogens is 440 g/mol. The number of aliphatic hydroxyl groups is 2. The van der Waals surface area contributed by atoms with Gasteiger partial charge in [-0.2, -0.15) is 0 Å². The van der Waals surface area contributed by atoms with E-state index in [0.717, 1.165) is 67.0 Å². The number of aryl methyl sites for hydroxylation is 1. The zero-order valence-electron chi connectivity index (χ0n) is 20.1. The van der Waals surface area contributed by atoms with Gasteiger partial charge in [-0.05, 0) is 61.8 Å². The first-order valence-electron chi connectivity index (χ1n) is 12.6. The molecule has 0 amide bonds. The Morgan fingerprint density at radius 3 is 3.03 bits per heavy atom. The van der Waals surface area contributed by atoms with Crippen LogP contribution in [-0.4, -0.2) is 50.9 Å². The number of para-hydroxylation sites is 1. The molecule has 6 rings (SSSR count). The van der Waals surface area contributed by atoms with Crippen molar-refractivity contribution in [2.24, 2.45) is 0 Å². The number of nitrogens with one attached hydrogen (secondary N) is 2. The number of aliphatic hydroxyl groups excluding tert-OH is 2. The number of benzene rings is 1. The number of ether oxygens (including phenoxy) is 1. The molecule has 0 saturated carbocycles. The van der Waals surface area contributed by atoms with E-state index in [1.54, 1.807) is 6.20 Å². The van der Waals surface area contributed by atoms with Gasteiger partial charge in [0.2, 0.25) is 0 Å². The number of nitrogens with zero attached hydrogens (tertiary/aromatic N) is 2. The Morgan fingerprint density at radius 1 is 1.23 bits per heavy atom. The number of pyridine rings is 1. The molecule has 35 heavy (non-hydrogen) atoms. The molecule has 7 heteroatoms. The number of hydrogen-bond donors (Lipinski definition) is 4. The molecule has 3 heterocycles. The Labute approximate surface area is 205 Å². The summed E-state index contributed by atoms with van der Waals surface area (Å²) < 4.78 is 6.18. The van der Waals surface area contributed by atoms with Gasteiger partial charge in [-0.15, -0.1) is 0 Å². The van der Waals surface area contributed by atoms with Gasteiger partial charge in [-0.25, -0.2) is 0 Å². The molecule has 7 nitrogen and oxygen atoms in total. The normalized spacial score (nSPS) is 21.6. The Balaban J connectivity index is 1.23. The third-order valence-electron chi connectivity index (χ3n) is 7.55. The van der Waals surface area contributed by atoms with Gasteiger partial charge in [0.05, 0.1) is 30.6 Å². The van der Waals surface area contributed by atoms with Gasteiger partial charge in [-0.1, -0.05) is 18.2 Å². The Morgan fingerprint density at radius 2 is 2.14 bits per heavy atom. The first kappa shape index (κ1) is 22.2. The molecule has 1 aliphatic heterocycles. The quantitative estimate of drug-likeness (QED) is 0.432. The SMILES string of the molecule is Cc1cccc2c(CCN3C[C@@H](CO)OC4=C3CCC(Nc3ccnc5c3CC[C@@H]5O)=C4)c[nH]c12. The second kappa shape index (κ2) is 9.06. The van der Waals surface area contributed by atoms with Crippen LogP contribution in [0, 0.1) is 6.92 Å². The summed E-state index contributed by atoms with van der Waals surface area (Å²) >= 11 is 0. The number of anilines is 1. The van der Waals surface area contributed by atoms with Crippen LogP contribution in [0.2, 0.25) is 0 Å². The van der Waals surface area contributed by atoms with Crippen molar-refractivity contribution >= 4 is 16.6 Å². The molecule has 3 aromatic rings. The first-order valence-corrected chi connectivity index (χ1v) is 12.6. The minimum Gasteiger partial charge on any atom is -0.484 e. The fraction of sp³-hybridized carbons (Fsp3) is 0.393. The van der Waals surface area contributed by atoms with E-state index in [1.807, 2.05) is 6.07 Å². The van der Waals surface area contributed by atoms with Gasteiger partial charge in [0.15, 0.2) is 0 Å². The van der Waals surface area contributed by atoms with Crippen LogP contribution in [0.1, 0.15) is 47.8 Å². The van der Waals surface area contributed by atoms with Crippen LogP contribution < -0.4 is 5.32 Å². The van der Waals surface area contributed by atoms with E-state index < -0.39 is 6.10 Å². The molecular formula is C28H32N4O3. The van der Waals surface area contributed by atoms with Crippen molar-refractivity contribution in [1.82, 2.24) is 14.9 Å². The number of fused-ring (bicyclic) bond motifs is 2. The van der Waals surface area contributed by atoms with Crippen molar-refractivity contribution in [2.75, 3.05) is 25.0 Å². The number of H-pyrrole nitrogens is 1. The summed E-state index contributed by atoms with van der Waals surface area (Å²) in [5, 5.41) is 24.9. The van der Waals surface area contributed by atoms with Gasteiger partial charge in [-0.3, -0.25) is 4.98 Å². The molecule has 0 saturated heterocycles. The predicted molar refractivity (Wildman–Crippen MR) is 136 cm³/mol. The number of hydrogen-bond acceptors (Lipinski definition) is 6. The van der Waals surface area contributed by atoms with E-state index in [0.29, 0.717) is 6.54 Å². The lowest BCUT2D eigenvalue weighted by molar-refractivity contribution is 0.0145. The molecule has 1 aromatic carbocycles. The van der Waals surface area contributed by atoms with Gasteiger partial charge >= 0.3 is 0 Å². The summed E-state index contributed by atoms with van der Waals surface area (Å²) in [4.78, 5) is 10.2. The fourth-order valence-electron chi connectivity index (χ4n) is 5.69. The molecule has 2 atom stereocenters. The lowest BCUT2D eigenvalue weighted by Gasteiger charge is -2.39. The highest BCUT2D eigenvalue weighted by Crippen LogP contribution is 2.37. The van der Waals surface area contributed by atoms with Crippen molar-refractivity contribution < 1.29 is 14.9 Å². The lowest BCUT2D eigenvalue weighted by Crippen LogP contribution is -2.42. The second-order valence-electron chi connectivity index (χ2n) is 9.81. The Bertz CT molecular complexity index is 1320. The molecule has 2 aromatic heterocycles. The number of aromatic nitrogens is 2. The topological polar surface area (TPSA) is 93.6 Å². The molecule has 0 bridgehead atoms. The van der Waals surface area contributed by atoms with Gasteiger partial charge in [0.1, 0.15) is 11.9 Å². The number of aromatic amines is 1. The maximum absolute atomic E-state index is 10.2. The first-order chi connectivity index (χ1) is 17.1. The minimum atomic E-state index is -0.469. The highest BCUT2D eigenvalue weighted by molar-refractivity contribution is 5.85. The monoisotopic (exact) mass is 472 g/mol. The third kappa shape index (κ3) is 4.09. The van der Waals surface area contributed by atoms with E-state index in [9.17, 15) is 10.2 Å². The largest absolute Gasteiger partial charge is 0.484 e. The third-order valence-corrected chi connectivity index (χ3v) is 7.55. The average Bonchev–Trinajstić information content (AvgIpc) is 3.47. The minimum absolute atomic E-state index is 0.00802. The smallest absolute Gasteiger partial charge is 0.140 e. The molecule has 182 valence electrons. The molecule has 0 unspecified atom stereocenters. The molecule has 4 N–H and O–H groups in total. The van der Waals surface area contributed by atoms with E-state index in [1.165, 1.54) is 27.7 Å². The molecule has 2 aliphatic carbocycles. The van der Waals surface area contributed by atoms with Crippen LogP contribution in [-0.2, 0) is 17.6 Å². The summed E-state index contributed by atoms with van der Waals surface area (Å²) in [6.07, 6.45) is 9.52. The highest BCUT2D eigenvalue weighted by atomic mass is 16.5. The van der Waals surface area contributed by atoms with Crippen molar-refractivity contribution in [1.29, 1.82) is 0 Å². The summed E-state index contributed by atoms with van der Waals surface area (Å²) in [5.74, 6) is 0.851. The summed E-state index contributed by atoms with van der Waals surface area (Å²) in [7, 11) is 0. The van der Waals surface area contributed by atoms with Crippen LogP contribution in [0.5, 0.6) is 0 Å². The molecule has 0 spiro atoms. The van der Waals surface area contributed by atoms with Crippen LogP contribution in [0.25, 0.3) is 10.9 Å². The van der Waals surface area contributed by atoms with Crippen LogP contribution in [0.3, 0.4) is 0 Å². The Kier molecular flexibility index (Phi) is 5.74. The maximum Gasteiger partial charge on any atom is 0.140 e. The van der Waals surface area contributed by atoms with Crippen molar-refractivity contribution in [3.63, 3.8) is 0 Å². The van der Waals surface area contributed by atoms with Gasteiger partial charge in [0, 0.05) is 47.3 Å². The van der Waals surface area contributed by atoms with Crippen LogP contribution in [0.4, 0.5) is 5.69 Å². The number of rotatable bonds is 6. The van der Waals surface area contributed by atoms with E-state index in [2.05, 4.69) is 57.6 Å². The summed E-state index contributed by atoms with van der Waals surface area (Å²) in [6.45, 7) is 3.71. The lowest BCUT2D eigenvalue weighted by atomic mass is 10.0. The zero-order chi connectivity index (χ0) is 23.9. The molecule has 0 fully saturated rings. The van der Waals surface area contributed by atoms with Crippen molar-refractivity contribution in [3.8, 4) is 0 Å². The number of allylic oxidation sites excluding steroid dienone is 3. The molecule has 0 radical (unpaired) electrons. The summed E-state index contributed by atoms with van der Waals surface area (Å²) in [5.41, 5.74) is 9.01. The standard InChI is InChI=1S/C28H32N4O3/c1-17-3-2-4-21-18(14-30-27(17)21)10-12-32-15-20(16-33)35-26-13-19(5-7-24(26)32)31-23-9-11-29-28-22(23)6-8-25(28)34/h2-4,9,11,13-14,20,25,30,33-34H,5-8,10,12,15-16H2,1H3,(H,29,31)/t20-,25-/m0/s1. The zero-order valence-corrected chi connectivity index (χ0v) is 20.1. The maximum atomic E-state index is 10.2.